The Morgan fingerprint density at radius 1 is 0.463 bits per heavy atom. The van der Waals surface area contributed by atoms with Crippen LogP contribution in [0.5, 0.6) is 28.7 Å². The number of rotatable bonds is 21. The smallest absolute Gasteiger partial charge is 0.343 e. The fourth-order valence-corrected chi connectivity index (χ4v) is 5.17. The summed E-state index contributed by atoms with van der Waals surface area (Å²) in [6, 6.07) is 19.1. The van der Waals surface area contributed by atoms with Crippen molar-refractivity contribution >= 4 is 23.9 Å². The van der Waals surface area contributed by atoms with E-state index in [2.05, 4.69) is 6.92 Å². The molecule has 0 aromatic heterocycles. The Bertz CT molecular complexity index is 1830. The molecule has 0 N–H and O–H groups in total. The van der Waals surface area contributed by atoms with Gasteiger partial charge in [-0.3, -0.25) is 9.59 Å². The van der Waals surface area contributed by atoms with Crippen LogP contribution in [0.4, 0.5) is 13.2 Å². The van der Waals surface area contributed by atoms with Gasteiger partial charge in [-0.15, -0.1) is 0 Å². The highest BCUT2D eigenvalue weighted by Gasteiger charge is 2.21. The van der Waals surface area contributed by atoms with Crippen molar-refractivity contribution in [3.8, 4) is 28.7 Å². The van der Waals surface area contributed by atoms with Crippen molar-refractivity contribution in [2.24, 2.45) is 0 Å². The molecule has 0 amide bonds. The summed E-state index contributed by atoms with van der Waals surface area (Å²) >= 11 is 0. The molecular formula is C42H43F3O9. The molecule has 0 spiro atoms. The summed E-state index contributed by atoms with van der Waals surface area (Å²) in [6.07, 6.45) is 8.57. The van der Waals surface area contributed by atoms with E-state index >= 15 is 0 Å². The molecule has 286 valence electrons. The number of hydrogen-bond donors (Lipinski definition) is 0. The fourth-order valence-electron chi connectivity index (χ4n) is 5.17. The topological polar surface area (TPSA) is 114 Å². The first-order chi connectivity index (χ1) is 26.1. The van der Waals surface area contributed by atoms with Gasteiger partial charge in [-0.05, 0) is 104 Å². The van der Waals surface area contributed by atoms with Crippen molar-refractivity contribution in [2.45, 2.75) is 84.0 Å². The quantitative estimate of drug-likeness (QED) is 0.0467. The molecule has 9 nitrogen and oxygen atoms in total. The van der Waals surface area contributed by atoms with E-state index in [1.165, 1.54) is 48.5 Å². The van der Waals surface area contributed by atoms with Crippen LogP contribution in [-0.4, -0.2) is 30.5 Å². The number of carbonyl (C=O) groups excluding carboxylic acids is 4. The third-order valence-corrected chi connectivity index (χ3v) is 8.15. The van der Waals surface area contributed by atoms with Gasteiger partial charge < -0.3 is 23.7 Å². The van der Waals surface area contributed by atoms with Gasteiger partial charge in [0.1, 0.15) is 23.1 Å². The van der Waals surface area contributed by atoms with Crippen LogP contribution in [0.15, 0.2) is 84.9 Å². The molecule has 0 radical (unpaired) electrons. The normalized spacial score (nSPS) is 10.7. The zero-order chi connectivity index (χ0) is 38.7. The Kier molecular flexibility index (Phi) is 16.6. The maximum Gasteiger partial charge on any atom is 0.343 e. The number of benzene rings is 4. The van der Waals surface area contributed by atoms with Crippen LogP contribution in [0.3, 0.4) is 0 Å². The van der Waals surface area contributed by atoms with Crippen LogP contribution >= 0.6 is 0 Å². The second-order valence-corrected chi connectivity index (χ2v) is 12.5. The summed E-state index contributed by atoms with van der Waals surface area (Å²) in [5.41, 5.74) is 0.320. The summed E-state index contributed by atoms with van der Waals surface area (Å²) < 4.78 is 68.7. The van der Waals surface area contributed by atoms with E-state index in [9.17, 15) is 32.3 Å². The van der Waals surface area contributed by atoms with Gasteiger partial charge >= 0.3 is 23.9 Å². The first-order valence-corrected chi connectivity index (χ1v) is 18.0. The predicted molar refractivity (Wildman–Crippen MR) is 193 cm³/mol. The van der Waals surface area contributed by atoms with Crippen molar-refractivity contribution in [1.82, 2.24) is 0 Å². The molecule has 4 rings (SSSR count). The van der Waals surface area contributed by atoms with Gasteiger partial charge in [0.15, 0.2) is 11.5 Å². The summed E-state index contributed by atoms with van der Waals surface area (Å²) in [4.78, 5) is 49.1. The van der Waals surface area contributed by atoms with Gasteiger partial charge in [0.25, 0.3) is 0 Å². The maximum atomic E-state index is 14.7. The van der Waals surface area contributed by atoms with Crippen molar-refractivity contribution in [2.75, 3.05) is 6.61 Å². The van der Waals surface area contributed by atoms with Gasteiger partial charge in [-0.2, -0.15) is 8.78 Å². The van der Waals surface area contributed by atoms with Crippen LogP contribution in [0.2, 0.25) is 0 Å². The van der Waals surface area contributed by atoms with Crippen LogP contribution in [0.1, 0.15) is 105 Å². The molecule has 4 aromatic rings. The minimum atomic E-state index is -1.45. The molecule has 0 saturated carbocycles. The monoisotopic (exact) mass is 748 g/mol. The van der Waals surface area contributed by atoms with Crippen molar-refractivity contribution in [1.29, 1.82) is 0 Å². The molecule has 12 heteroatoms. The van der Waals surface area contributed by atoms with Crippen molar-refractivity contribution in [3.63, 3.8) is 0 Å². The largest absolute Gasteiger partial charge is 0.494 e. The van der Waals surface area contributed by atoms with Crippen LogP contribution < -0.4 is 23.7 Å². The summed E-state index contributed by atoms with van der Waals surface area (Å²) in [6.45, 7) is 2.68. The number of hydrogen-bond acceptors (Lipinski definition) is 9. The minimum Gasteiger partial charge on any atom is -0.494 e. The lowest BCUT2D eigenvalue weighted by Gasteiger charge is -2.10. The van der Waals surface area contributed by atoms with E-state index in [1.54, 1.807) is 12.1 Å². The van der Waals surface area contributed by atoms with Crippen molar-refractivity contribution in [3.05, 3.63) is 114 Å². The number of halogens is 3. The molecule has 0 atom stereocenters. The molecule has 4 aromatic carbocycles. The van der Waals surface area contributed by atoms with Crippen LogP contribution in [0.25, 0.3) is 0 Å². The number of unbranched alkanes of at least 4 members (excludes halogenated alkanes) is 8. The Morgan fingerprint density at radius 2 is 0.907 bits per heavy atom. The summed E-state index contributed by atoms with van der Waals surface area (Å²) in [5, 5.41) is 0. The third-order valence-electron chi connectivity index (χ3n) is 8.15. The van der Waals surface area contributed by atoms with E-state index in [-0.39, 0.29) is 29.7 Å². The number of carbonyl (C=O) groups is 4. The molecule has 0 fully saturated rings. The SMILES string of the molecule is CCCCCCOc1ccc(C(=O)Oc2ccc(OC(=O)CCCCCCCCC(=O)Oc3ccc(OC(=O)c4ccc(F)cc4)cc3)c(F)c2F)cc1. The highest BCUT2D eigenvalue weighted by atomic mass is 19.2. The van der Waals surface area contributed by atoms with E-state index in [0.29, 0.717) is 37.4 Å². The molecule has 54 heavy (non-hydrogen) atoms. The second-order valence-electron chi connectivity index (χ2n) is 12.5. The molecule has 0 aliphatic carbocycles. The Balaban J connectivity index is 1.07. The lowest BCUT2D eigenvalue weighted by Crippen LogP contribution is -2.12. The van der Waals surface area contributed by atoms with E-state index < -0.39 is 52.8 Å². The van der Waals surface area contributed by atoms with Gasteiger partial charge in [0.2, 0.25) is 11.6 Å². The lowest BCUT2D eigenvalue weighted by atomic mass is 10.1. The van der Waals surface area contributed by atoms with Gasteiger partial charge in [-0.25, -0.2) is 14.0 Å². The average Bonchev–Trinajstić information content (AvgIpc) is 3.17. The Hall–Kier alpha value is -5.65. The average molecular weight is 749 g/mol. The first-order valence-electron chi connectivity index (χ1n) is 18.0. The predicted octanol–water partition coefficient (Wildman–Crippen LogP) is 10.1. The highest BCUT2D eigenvalue weighted by molar-refractivity contribution is 5.91. The van der Waals surface area contributed by atoms with Gasteiger partial charge in [-0.1, -0.05) is 51.9 Å². The molecule has 0 aliphatic heterocycles. The molecule has 0 heterocycles. The maximum absolute atomic E-state index is 14.7. The Labute approximate surface area is 312 Å². The zero-order valence-corrected chi connectivity index (χ0v) is 30.1. The molecule has 0 unspecified atom stereocenters. The number of ether oxygens (including phenoxy) is 5. The van der Waals surface area contributed by atoms with E-state index in [0.717, 1.165) is 69.2 Å². The van der Waals surface area contributed by atoms with E-state index in [1.807, 2.05) is 0 Å². The molecule has 0 bridgehead atoms. The van der Waals surface area contributed by atoms with Crippen molar-refractivity contribution < 1.29 is 56.0 Å². The van der Waals surface area contributed by atoms with E-state index in [4.69, 9.17) is 23.7 Å². The fraction of sp³-hybridized carbons (Fsp3) is 0.333. The Morgan fingerprint density at radius 3 is 1.48 bits per heavy atom. The zero-order valence-electron chi connectivity index (χ0n) is 30.1. The molecule has 0 saturated heterocycles. The lowest BCUT2D eigenvalue weighted by molar-refractivity contribution is -0.135. The van der Waals surface area contributed by atoms with Gasteiger partial charge in [0, 0.05) is 12.8 Å². The second kappa shape index (κ2) is 21.8. The standard InChI is InChI=1S/C42H43F3O9/c1-2-3-4-11-28-50-32-20-16-30(17-21-32)42(49)54-36-27-26-35(39(44)40(36)45)53-38(47)13-10-8-6-5-7-9-12-37(46)51-33-22-24-34(25-23-33)52-41(48)29-14-18-31(43)19-15-29/h14-27H,2-13,28H2,1H3. The third kappa shape index (κ3) is 13.7. The van der Waals surface area contributed by atoms with Crippen LogP contribution in [-0.2, 0) is 9.59 Å². The first kappa shape index (κ1) is 41.1. The van der Waals surface area contributed by atoms with Gasteiger partial charge in [0.05, 0.1) is 17.7 Å². The summed E-state index contributed by atoms with van der Waals surface area (Å²) in [5.74, 6) is -6.16. The number of esters is 4. The van der Waals surface area contributed by atoms with Crippen LogP contribution in [0, 0.1) is 17.5 Å². The molecule has 0 aliphatic rings. The minimum absolute atomic E-state index is 0.00714. The molecular weight excluding hydrogens is 705 g/mol. The highest BCUT2D eigenvalue weighted by Crippen LogP contribution is 2.29. The summed E-state index contributed by atoms with van der Waals surface area (Å²) in [7, 11) is 0.